The number of nitro benzene ring substituents is 1. The largest absolute Gasteiger partial charge is 0.467 e. The molecule has 4 aliphatic rings. The topological polar surface area (TPSA) is 183 Å². The van der Waals surface area contributed by atoms with E-state index in [2.05, 4.69) is 10.6 Å². The number of nitrogens with zero attached hydrogens (tertiary/aromatic N) is 2. The van der Waals surface area contributed by atoms with Gasteiger partial charge in [-0.05, 0) is 63.5 Å². The van der Waals surface area contributed by atoms with E-state index >= 15 is 0 Å². The molecular weight excluding hydrogens is 600 g/mol. The van der Waals surface area contributed by atoms with Crippen molar-refractivity contribution in [2.75, 3.05) is 13.7 Å². The summed E-state index contributed by atoms with van der Waals surface area (Å²) in [6.07, 6.45) is 9.15. The third kappa shape index (κ3) is 7.48. The van der Waals surface area contributed by atoms with Crippen molar-refractivity contribution in [3.63, 3.8) is 0 Å². The van der Waals surface area contributed by atoms with Crippen molar-refractivity contribution in [3.05, 3.63) is 52.1 Å². The van der Waals surface area contributed by atoms with Crippen molar-refractivity contribution in [1.82, 2.24) is 15.5 Å². The lowest BCUT2D eigenvalue weighted by atomic mass is 10.0. The Morgan fingerprint density at radius 3 is 2.41 bits per heavy atom. The normalized spacial score (nSPS) is 29.2. The number of esters is 2. The highest BCUT2D eigenvalue weighted by Gasteiger charge is 2.62. The minimum atomic E-state index is -1.27. The molecule has 248 valence electrons. The number of benzene rings is 1. The Bertz CT molecular complexity index is 1380. The second-order valence-electron chi connectivity index (χ2n) is 12.4. The number of fused-ring (bicyclic) bond motifs is 2. The average molecular weight is 641 g/mol. The van der Waals surface area contributed by atoms with Gasteiger partial charge in [-0.3, -0.25) is 19.7 Å². The molecule has 1 saturated heterocycles. The molecule has 3 amide bonds. The Kier molecular flexibility index (Phi) is 10.2. The van der Waals surface area contributed by atoms with Crippen LogP contribution in [0.5, 0.6) is 0 Å². The second-order valence-corrected chi connectivity index (χ2v) is 12.4. The number of allylic oxidation sites excluding steroid dienone is 1. The van der Waals surface area contributed by atoms with E-state index in [4.69, 9.17) is 14.2 Å². The van der Waals surface area contributed by atoms with Crippen molar-refractivity contribution >= 4 is 35.5 Å². The Labute approximate surface area is 266 Å². The van der Waals surface area contributed by atoms with Gasteiger partial charge >= 0.3 is 18.0 Å². The molecule has 2 heterocycles. The lowest BCUT2D eigenvalue weighted by molar-refractivity contribution is -0.384. The molecule has 14 nitrogen and oxygen atoms in total. The maximum Gasteiger partial charge on any atom is 0.408 e. The molecule has 0 spiro atoms. The first kappa shape index (κ1) is 32.9. The first-order chi connectivity index (χ1) is 22.1. The predicted octanol–water partition coefficient (Wildman–Crippen LogP) is 3.33. The number of amides is 3. The number of nitro groups is 1. The summed E-state index contributed by atoms with van der Waals surface area (Å²) < 4.78 is 16.3. The van der Waals surface area contributed by atoms with Crippen molar-refractivity contribution in [1.29, 1.82) is 0 Å². The summed E-state index contributed by atoms with van der Waals surface area (Å²) in [7, 11) is 1.25. The molecule has 5 atom stereocenters. The lowest BCUT2D eigenvalue weighted by Gasteiger charge is -2.29. The van der Waals surface area contributed by atoms with Gasteiger partial charge in [-0.15, -0.1) is 0 Å². The Balaban J connectivity index is 1.38. The zero-order chi connectivity index (χ0) is 32.8. The van der Waals surface area contributed by atoms with Gasteiger partial charge in [0.25, 0.3) is 5.69 Å². The van der Waals surface area contributed by atoms with Gasteiger partial charge in [-0.2, -0.15) is 0 Å². The van der Waals surface area contributed by atoms with E-state index in [1.807, 2.05) is 12.2 Å². The van der Waals surface area contributed by atoms with E-state index in [9.17, 15) is 34.1 Å². The number of non-ortho nitro benzene ring substituents is 1. The molecule has 14 heteroatoms. The Morgan fingerprint density at radius 2 is 1.72 bits per heavy atom. The Morgan fingerprint density at radius 1 is 1.00 bits per heavy atom. The fourth-order valence-electron chi connectivity index (χ4n) is 6.59. The van der Waals surface area contributed by atoms with Crippen LogP contribution in [0.1, 0.15) is 81.0 Å². The highest BCUT2D eigenvalue weighted by Crippen LogP contribution is 2.46. The van der Waals surface area contributed by atoms with Gasteiger partial charge in [0.1, 0.15) is 29.8 Å². The summed E-state index contributed by atoms with van der Waals surface area (Å²) >= 11 is 0. The van der Waals surface area contributed by atoms with E-state index in [-0.39, 0.29) is 36.2 Å². The highest BCUT2D eigenvalue weighted by molar-refractivity contribution is 5.97. The number of ether oxygens (including phenoxy) is 3. The monoisotopic (exact) mass is 640 g/mol. The van der Waals surface area contributed by atoms with Crippen LogP contribution in [0, 0.1) is 16.0 Å². The van der Waals surface area contributed by atoms with Gasteiger partial charge < -0.3 is 29.7 Å². The van der Waals surface area contributed by atoms with Crippen LogP contribution in [0.4, 0.5) is 10.5 Å². The first-order valence-corrected chi connectivity index (χ1v) is 15.9. The van der Waals surface area contributed by atoms with Crippen molar-refractivity contribution in [3.8, 4) is 0 Å². The van der Waals surface area contributed by atoms with Gasteiger partial charge in [0, 0.05) is 24.5 Å². The van der Waals surface area contributed by atoms with Crippen LogP contribution in [-0.4, -0.2) is 83.2 Å². The quantitative estimate of drug-likeness (QED) is 0.154. The molecule has 5 rings (SSSR count). The summed E-state index contributed by atoms with van der Waals surface area (Å²) in [6.45, 7) is -0.139. The summed E-state index contributed by atoms with van der Waals surface area (Å²) in [5, 5.41) is 16.6. The molecule has 2 aliphatic carbocycles. The molecule has 2 aliphatic heterocycles. The lowest BCUT2D eigenvalue weighted by Crippen LogP contribution is -2.56. The maximum absolute atomic E-state index is 14.1. The molecule has 0 radical (unpaired) electrons. The third-order valence-electron chi connectivity index (χ3n) is 9.24. The predicted molar refractivity (Wildman–Crippen MR) is 161 cm³/mol. The van der Waals surface area contributed by atoms with E-state index < -0.39 is 58.5 Å². The van der Waals surface area contributed by atoms with E-state index in [1.165, 1.54) is 36.3 Å². The molecule has 0 bridgehead atoms. The fraction of sp³-hybridized carbons (Fsp3) is 0.594. The molecular formula is C32H40N4O10. The SMILES string of the molecule is COC(=O)[C@@]12C[C@H]1/C=C\CCCCC[C@H](NC(=O)OC1CCCC1)C(=O)N1C[C@@H](OC(=O)c3ccc([N+](=O)[O-])cc3)C[C@H]1C(=O)N2. The Hall–Kier alpha value is -4.49. The number of carbonyl (C=O) groups is 5. The molecule has 1 aromatic carbocycles. The summed E-state index contributed by atoms with van der Waals surface area (Å²) in [4.78, 5) is 78.4. The van der Waals surface area contributed by atoms with Crippen LogP contribution in [0.25, 0.3) is 0 Å². The average Bonchev–Trinajstić information content (AvgIpc) is 3.33. The number of hydrogen-bond donors (Lipinski definition) is 2. The van der Waals surface area contributed by atoms with Gasteiger partial charge in [-0.25, -0.2) is 14.4 Å². The summed E-state index contributed by atoms with van der Waals surface area (Å²) in [6, 6.07) is 2.79. The number of carbonyl (C=O) groups excluding carboxylic acids is 5. The van der Waals surface area contributed by atoms with Crippen molar-refractivity contribution in [2.45, 2.75) is 100 Å². The maximum atomic E-state index is 14.1. The number of methoxy groups -OCH3 is 1. The summed E-state index contributed by atoms with van der Waals surface area (Å²) in [5.74, 6) is -2.76. The standard InChI is InChI=1S/C32H40N4O10/c1-44-30(40)32-18-21(32)9-5-3-2-4-6-12-25(33-31(41)46-23-10-7-8-11-23)28(38)35-19-24(17-26(35)27(37)34-32)45-29(39)20-13-15-22(16-14-20)36(42)43/h5,9,13-16,21,23-26H,2-4,6-8,10-12,17-19H2,1H3,(H,33,41)(H,34,37)/b9-5-/t21-,24+,25+,26+,32-/m1/s1. The number of nitrogens with one attached hydrogen (secondary N) is 2. The van der Waals surface area contributed by atoms with E-state index in [0.29, 0.717) is 19.3 Å². The van der Waals surface area contributed by atoms with Gasteiger partial charge in [-0.1, -0.05) is 25.0 Å². The van der Waals surface area contributed by atoms with Crippen LogP contribution in [-0.2, 0) is 28.6 Å². The van der Waals surface area contributed by atoms with Crippen LogP contribution in [0.15, 0.2) is 36.4 Å². The smallest absolute Gasteiger partial charge is 0.408 e. The summed E-state index contributed by atoms with van der Waals surface area (Å²) in [5.41, 5.74) is -1.39. The van der Waals surface area contributed by atoms with Gasteiger partial charge in [0.15, 0.2) is 0 Å². The van der Waals surface area contributed by atoms with E-state index in [1.54, 1.807) is 0 Å². The molecule has 2 saturated carbocycles. The molecule has 3 fully saturated rings. The zero-order valence-corrected chi connectivity index (χ0v) is 25.8. The van der Waals surface area contributed by atoms with Gasteiger partial charge in [0.2, 0.25) is 11.8 Å². The van der Waals surface area contributed by atoms with Gasteiger partial charge in [0.05, 0.1) is 24.1 Å². The molecule has 0 unspecified atom stereocenters. The molecule has 2 N–H and O–H groups in total. The van der Waals surface area contributed by atoms with E-state index in [0.717, 1.165) is 44.9 Å². The molecule has 46 heavy (non-hydrogen) atoms. The first-order valence-electron chi connectivity index (χ1n) is 15.9. The zero-order valence-electron chi connectivity index (χ0n) is 25.8. The second kappa shape index (κ2) is 14.3. The number of alkyl carbamates (subject to hydrolysis) is 1. The van der Waals surface area contributed by atoms with Crippen LogP contribution in [0.2, 0.25) is 0 Å². The van der Waals surface area contributed by atoms with Crippen molar-refractivity contribution < 1.29 is 43.1 Å². The van der Waals surface area contributed by atoms with Crippen LogP contribution < -0.4 is 10.6 Å². The minimum Gasteiger partial charge on any atom is -0.467 e. The van der Waals surface area contributed by atoms with Crippen LogP contribution >= 0.6 is 0 Å². The number of hydrogen-bond acceptors (Lipinski definition) is 10. The minimum absolute atomic E-state index is 0.0622. The third-order valence-corrected chi connectivity index (χ3v) is 9.24. The highest BCUT2D eigenvalue weighted by atomic mass is 16.6. The van der Waals surface area contributed by atoms with Crippen LogP contribution in [0.3, 0.4) is 0 Å². The molecule has 0 aromatic heterocycles. The molecule has 1 aromatic rings. The fourth-order valence-corrected chi connectivity index (χ4v) is 6.59. The number of rotatable bonds is 6. The van der Waals surface area contributed by atoms with Crippen molar-refractivity contribution in [2.24, 2.45) is 5.92 Å².